The molecule has 0 bridgehead atoms. The molecule has 3 heteroatoms. The van der Waals surface area contributed by atoms with Crippen molar-refractivity contribution in [2.75, 3.05) is 0 Å². The van der Waals surface area contributed by atoms with Crippen LogP contribution >= 0.6 is 0 Å². The topological polar surface area (TPSA) is 53.0 Å². The fraction of sp³-hybridized carbons (Fsp3) is 0.556. The lowest BCUT2D eigenvalue weighted by Crippen LogP contribution is -2.30. The summed E-state index contributed by atoms with van der Waals surface area (Å²) >= 11 is 0. The van der Waals surface area contributed by atoms with Crippen LogP contribution < -0.4 is 5.32 Å². The Balaban J connectivity index is 1.66. The monoisotopic (exact) mass is 286 g/mol. The molecule has 0 atom stereocenters. The molecule has 0 unspecified atom stereocenters. The number of rotatable bonds is 5. The Kier molecular flexibility index (Phi) is 6.45. The van der Waals surface area contributed by atoms with Gasteiger partial charge in [0.2, 0.25) is 5.91 Å². The summed E-state index contributed by atoms with van der Waals surface area (Å²) in [5, 5.41) is 10.6. The second-order valence-corrected chi connectivity index (χ2v) is 6.04. The second kappa shape index (κ2) is 8.60. The normalized spacial score (nSPS) is 16.2. The van der Waals surface area contributed by atoms with Gasteiger partial charge in [0, 0.05) is 12.0 Å². The largest absolute Gasteiger partial charge is 0.311 e. The van der Waals surface area contributed by atoms with E-state index in [1.165, 1.54) is 38.5 Å². The van der Waals surface area contributed by atoms with Crippen molar-refractivity contribution in [1.29, 1.82) is 5.41 Å². The molecule has 1 aromatic carbocycles. The highest BCUT2D eigenvalue weighted by Crippen LogP contribution is 2.26. The zero-order valence-electron chi connectivity index (χ0n) is 12.7. The molecular formula is C18H26N2O. The van der Waals surface area contributed by atoms with Crippen LogP contribution in [0.2, 0.25) is 0 Å². The van der Waals surface area contributed by atoms with Crippen LogP contribution in [0.4, 0.5) is 0 Å². The molecule has 1 fully saturated rings. The minimum Gasteiger partial charge on any atom is -0.311 e. The van der Waals surface area contributed by atoms with Crippen molar-refractivity contribution >= 4 is 11.7 Å². The van der Waals surface area contributed by atoms with E-state index in [4.69, 9.17) is 5.41 Å². The predicted molar refractivity (Wildman–Crippen MR) is 86.5 cm³/mol. The highest BCUT2D eigenvalue weighted by atomic mass is 16.1. The summed E-state index contributed by atoms with van der Waals surface area (Å²) in [4.78, 5) is 11.9. The molecule has 21 heavy (non-hydrogen) atoms. The number of amides is 1. The molecule has 0 aliphatic heterocycles. The number of carbonyl (C=O) groups excluding carboxylic acids is 1. The molecule has 1 aromatic rings. The van der Waals surface area contributed by atoms with Crippen LogP contribution in [0.25, 0.3) is 0 Å². The van der Waals surface area contributed by atoms with Gasteiger partial charge in [-0.05, 0) is 18.8 Å². The third-order valence-electron chi connectivity index (χ3n) is 4.32. The Morgan fingerprint density at radius 2 is 1.76 bits per heavy atom. The summed E-state index contributed by atoms with van der Waals surface area (Å²) in [7, 11) is 0. The number of nitrogens with one attached hydrogen (secondary N) is 2. The summed E-state index contributed by atoms with van der Waals surface area (Å²) in [6.07, 6.45) is 10.8. The van der Waals surface area contributed by atoms with Gasteiger partial charge in [-0.15, -0.1) is 0 Å². The summed E-state index contributed by atoms with van der Waals surface area (Å²) < 4.78 is 0. The highest BCUT2D eigenvalue weighted by Gasteiger charge is 2.13. The average molecular weight is 286 g/mol. The maximum atomic E-state index is 11.9. The zero-order chi connectivity index (χ0) is 14.9. The summed E-state index contributed by atoms with van der Waals surface area (Å²) in [6.45, 7) is 0. The van der Waals surface area contributed by atoms with Crippen LogP contribution in [0.1, 0.15) is 63.4 Å². The van der Waals surface area contributed by atoms with Crippen LogP contribution in [0.3, 0.4) is 0 Å². The minimum atomic E-state index is -0.0301. The lowest BCUT2D eigenvalue weighted by atomic mass is 9.94. The highest BCUT2D eigenvalue weighted by molar-refractivity contribution is 6.06. The third-order valence-corrected chi connectivity index (χ3v) is 4.32. The molecule has 0 heterocycles. The summed E-state index contributed by atoms with van der Waals surface area (Å²) in [5.74, 6) is 0.987. The molecule has 0 spiro atoms. The molecule has 1 saturated carbocycles. The molecule has 2 N–H and O–H groups in total. The number of amidine groups is 1. The van der Waals surface area contributed by atoms with E-state index in [0.717, 1.165) is 24.3 Å². The van der Waals surface area contributed by atoms with E-state index in [1.54, 1.807) is 0 Å². The van der Waals surface area contributed by atoms with Crippen molar-refractivity contribution in [3.8, 4) is 0 Å². The van der Waals surface area contributed by atoms with Crippen molar-refractivity contribution in [2.45, 2.75) is 57.8 Å². The smallest absolute Gasteiger partial charge is 0.225 e. The van der Waals surface area contributed by atoms with E-state index in [-0.39, 0.29) is 11.7 Å². The molecule has 1 aliphatic carbocycles. The molecule has 0 radical (unpaired) electrons. The van der Waals surface area contributed by atoms with E-state index in [1.807, 2.05) is 30.3 Å². The lowest BCUT2D eigenvalue weighted by Gasteiger charge is -2.13. The third kappa shape index (κ3) is 5.70. The molecule has 0 saturated heterocycles. The number of carbonyl (C=O) groups is 1. The quantitative estimate of drug-likeness (QED) is 0.474. The first kappa shape index (κ1) is 15.7. The average Bonchev–Trinajstić information content (AvgIpc) is 2.77. The van der Waals surface area contributed by atoms with Gasteiger partial charge in [0.1, 0.15) is 5.84 Å². The van der Waals surface area contributed by atoms with E-state index in [0.29, 0.717) is 6.42 Å². The molecule has 114 valence electrons. The standard InChI is InChI=1S/C18H26N2O/c19-18(16-12-6-3-7-13-16)20-17(21)14-8-11-15-9-4-1-2-5-10-15/h3,6-7,12-13,15H,1-2,4-5,8-11,14H2,(H2,19,20,21). The van der Waals surface area contributed by atoms with Crippen LogP contribution in [0, 0.1) is 11.3 Å². The minimum absolute atomic E-state index is 0.0301. The van der Waals surface area contributed by atoms with Crippen LogP contribution in [0.5, 0.6) is 0 Å². The Hall–Kier alpha value is -1.64. The van der Waals surface area contributed by atoms with Crippen LogP contribution in [0.15, 0.2) is 30.3 Å². The van der Waals surface area contributed by atoms with Crippen molar-refractivity contribution in [3.05, 3.63) is 35.9 Å². The van der Waals surface area contributed by atoms with Crippen LogP contribution in [-0.2, 0) is 4.79 Å². The first-order chi connectivity index (χ1) is 10.3. The predicted octanol–water partition coefficient (Wildman–Crippen LogP) is 4.27. The SMILES string of the molecule is N=C(NC(=O)CCCC1CCCCCC1)c1ccccc1. The van der Waals surface area contributed by atoms with Gasteiger partial charge in [0.05, 0.1) is 0 Å². The van der Waals surface area contributed by atoms with Gasteiger partial charge in [-0.1, -0.05) is 68.9 Å². The van der Waals surface area contributed by atoms with E-state index in [2.05, 4.69) is 5.32 Å². The molecule has 3 nitrogen and oxygen atoms in total. The summed E-state index contributed by atoms with van der Waals surface area (Å²) in [6, 6.07) is 9.35. The number of benzene rings is 1. The van der Waals surface area contributed by atoms with Gasteiger partial charge in [0.15, 0.2) is 0 Å². The Labute approximate surface area is 127 Å². The van der Waals surface area contributed by atoms with Crippen molar-refractivity contribution in [1.82, 2.24) is 5.32 Å². The first-order valence-electron chi connectivity index (χ1n) is 8.19. The Morgan fingerprint density at radius 1 is 1.10 bits per heavy atom. The maximum Gasteiger partial charge on any atom is 0.225 e. The molecule has 0 aromatic heterocycles. The van der Waals surface area contributed by atoms with Gasteiger partial charge >= 0.3 is 0 Å². The van der Waals surface area contributed by atoms with E-state index < -0.39 is 0 Å². The van der Waals surface area contributed by atoms with Crippen LogP contribution in [-0.4, -0.2) is 11.7 Å². The first-order valence-corrected chi connectivity index (χ1v) is 8.19. The molecule has 2 rings (SSSR count). The van der Waals surface area contributed by atoms with Gasteiger partial charge in [0.25, 0.3) is 0 Å². The Bertz CT molecular complexity index is 448. The number of hydrogen-bond donors (Lipinski definition) is 2. The number of hydrogen-bond acceptors (Lipinski definition) is 2. The van der Waals surface area contributed by atoms with Gasteiger partial charge in [-0.2, -0.15) is 0 Å². The van der Waals surface area contributed by atoms with Crippen molar-refractivity contribution in [2.24, 2.45) is 5.92 Å². The molecule has 1 aliphatic rings. The van der Waals surface area contributed by atoms with Crippen molar-refractivity contribution < 1.29 is 4.79 Å². The van der Waals surface area contributed by atoms with Gasteiger partial charge in [-0.3, -0.25) is 10.2 Å². The summed E-state index contributed by atoms with van der Waals surface area (Å²) in [5.41, 5.74) is 0.759. The Morgan fingerprint density at radius 3 is 2.43 bits per heavy atom. The molecular weight excluding hydrogens is 260 g/mol. The van der Waals surface area contributed by atoms with Gasteiger partial charge in [-0.25, -0.2) is 0 Å². The maximum absolute atomic E-state index is 11.9. The van der Waals surface area contributed by atoms with Gasteiger partial charge < -0.3 is 5.32 Å². The van der Waals surface area contributed by atoms with E-state index >= 15 is 0 Å². The molecule has 1 amide bonds. The second-order valence-electron chi connectivity index (χ2n) is 6.04. The fourth-order valence-electron chi connectivity index (χ4n) is 3.08. The zero-order valence-corrected chi connectivity index (χ0v) is 12.7. The van der Waals surface area contributed by atoms with Crippen molar-refractivity contribution in [3.63, 3.8) is 0 Å². The lowest BCUT2D eigenvalue weighted by molar-refractivity contribution is -0.119. The fourth-order valence-corrected chi connectivity index (χ4v) is 3.08. The van der Waals surface area contributed by atoms with E-state index in [9.17, 15) is 4.79 Å².